The van der Waals surface area contributed by atoms with Crippen LogP contribution in [0.4, 0.5) is 0 Å². The summed E-state index contributed by atoms with van der Waals surface area (Å²) in [7, 11) is 3.19. The average Bonchev–Trinajstić information content (AvgIpc) is 3.57. The fourth-order valence-corrected chi connectivity index (χ4v) is 5.50. The van der Waals surface area contributed by atoms with Gasteiger partial charge in [0.2, 0.25) is 0 Å². The number of carbonyl (C=O) groups is 1. The maximum absolute atomic E-state index is 13.4. The minimum absolute atomic E-state index is 0.141. The van der Waals surface area contributed by atoms with Crippen LogP contribution in [0.15, 0.2) is 59.0 Å². The molecule has 0 spiro atoms. The summed E-state index contributed by atoms with van der Waals surface area (Å²) < 4.78 is 16.9. The molecule has 2 atom stereocenters. The van der Waals surface area contributed by atoms with Crippen molar-refractivity contribution in [3.63, 3.8) is 0 Å². The number of amides is 1. The molecule has 3 aromatic rings. The lowest BCUT2D eigenvalue weighted by Gasteiger charge is -2.25. The molecule has 1 aliphatic carbocycles. The summed E-state index contributed by atoms with van der Waals surface area (Å²) in [6, 6.07) is 15.0. The molecule has 1 aromatic heterocycles. The van der Waals surface area contributed by atoms with E-state index in [1.165, 1.54) is 5.01 Å². The van der Waals surface area contributed by atoms with E-state index >= 15 is 0 Å². The zero-order valence-electron chi connectivity index (χ0n) is 19.8. The van der Waals surface area contributed by atoms with Crippen LogP contribution in [-0.4, -0.2) is 42.6 Å². The number of aliphatic hydroxyl groups is 1. The Labute approximate surface area is 208 Å². The van der Waals surface area contributed by atoms with Crippen molar-refractivity contribution in [3.05, 3.63) is 75.5 Å². The van der Waals surface area contributed by atoms with Gasteiger partial charge < -0.3 is 19.3 Å². The summed E-state index contributed by atoms with van der Waals surface area (Å²) in [5.41, 5.74) is 3.66. The third-order valence-electron chi connectivity index (χ3n) is 6.55. The van der Waals surface area contributed by atoms with Gasteiger partial charge in [0.25, 0.3) is 5.91 Å². The minimum atomic E-state index is -0.482. The number of benzene rings is 2. The molecule has 1 amide bonds. The highest BCUT2D eigenvalue weighted by Crippen LogP contribution is 2.39. The van der Waals surface area contributed by atoms with Crippen LogP contribution in [-0.2, 0) is 11.2 Å². The van der Waals surface area contributed by atoms with Crippen molar-refractivity contribution in [2.24, 2.45) is 5.10 Å². The van der Waals surface area contributed by atoms with Gasteiger partial charge in [-0.25, -0.2) is 5.01 Å². The van der Waals surface area contributed by atoms with E-state index in [4.69, 9.17) is 19.3 Å². The normalized spacial score (nSPS) is 19.2. The first-order valence-corrected chi connectivity index (χ1v) is 12.5. The molecule has 0 saturated carbocycles. The smallest absolute Gasteiger partial charge is 0.281 e. The number of ether oxygens (including phenoxy) is 3. The molecule has 7 nitrogen and oxygen atoms in total. The second kappa shape index (κ2) is 10.1. The van der Waals surface area contributed by atoms with Gasteiger partial charge in [0.15, 0.2) is 18.1 Å². The highest BCUT2D eigenvalue weighted by atomic mass is 32.1. The quantitative estimate of drug-likeness (QED) is 0.508. The van der Waals surface area contributed by atoms with Crippen molar-refractivity contribution >= 4 is 23.0 Å². The van der Waals surface area contributed by atoms with E-state index in [-0.39, 0.29) is 18.6 Å². The van der Waals surface area contributed by atoms with Crippen LogP contribution >= 0.6 is 11.3 Å². The highest BCUT2D eigenvalue weighted by molar-refractivity contribution is 7.12. The summed E-state index contributed by atoms with van der Waals surface area (Å²) in [6.07, 6.45) is 2.58. The molecule has 182 valence electrons. The summed E-state index contributed by atoms with van der Waals surface area (Å²) in [4.78, 5) is 14.5. The van der Waals surface area contributed by atoms with Crippen LogP contribution < -0.4 is 14.2 Å². The molecule has 0 unspecified atom stereocenters. The monoisotopic (exact) mass is 492 g/mol. The topological polar surface area (TPSA) is 80.6 Å². The molecule has 1 N–H and O–H groups in total. The van der Waals surface area contributed by atoms with Gasteiger partial charge in [-0.2, -0.15) is 5.10 Å². The van der Waals surface area contributed by atoms with Crippen molar-refractivity contribution in [1.29, 1.82) is 0 Å². The van der Waals surface area contributed by atoms with Crippen LogP contribution in [0.5, 0.6) is 17.2 Å². The molecule has 5 rings (SSSR count). The van der Waals surface area contributed by atoms with Crippen molar-refractivity contribution in [3.8, 4) is 17.2 Å². The molecule has 0 bridgehead atoms. The molecular formula is C27H28N2O5S. The van der Waals surface area contributed by atoms with Gasteiger partial charge in [-0.05, 0) is 65.6 Å². The number of thiophene rings is 1. The second-order valence-corrected chi connectivity index (χ2v) is 9.56. The fourth-order valence-electron chi connectivity index (χ4n) is 4.78. The number of carbonyl (C=O) groups excluding carboxylic acids is 1. The van der Waals surface area contributed by atoms with Gasteiger partial charge in [0.05, 0.1) is 37.0 Å². The standard InChI is InChI=1S/C27H28N2O5S/c1-32-24-12-11-17(14-25(24)33-2)21-15-20(26-10-5-13-35-26)28-29(21)27(31)16-34-23-9-4-6-18-19(23)7-3-8-22(18)30/h4-6,9-14,21-22,30H,3,7-8,15-16H2,1-2H3/t21-,22-/m0/s1. The highest BCUT2D eigenvalue weighted by Gasteiger charge is 2.34. The largest absolute Gasteiger partial charge is 0.493 e. The molecule has 0 saturated heterocycles. The molecular weight excluding hydrogens is 464 g/mol. The molecule has 0 fully saturated rings. The Hall–Kier alpha value is -3.36. The summed E-state index contributed by atoms with van der Waals surface area (Å²) >= 11 is 1.60. The number of hydrazone groups is 1. The Kier molecular flexibility index (Phi) is 6.74. The van der Waals surface area contributed by atoms with E-state index in [1.54, 1.807) is 25.6 Å². The predicted molar refractivity (Wildman–Crippen MR) is 134 cm³/mol. The molecule has 1 aliphatic heterocycles. The first-order valence-electron chi connectivity index (χ1n) is 11.7. The Morgan fingerprint density at radius 2 is 1.97 bits per heavy atom. The molecule has 8 heteroatoms. The van der Waals surface area contributed by atoms with E-state index < -0.39 is 6.10 Å². The number of aliphatic hydroxyl groups excluding tert-OH is 1. The molecule has 0 radical (unpaired) electrons. The van der Waals surface area contributed by atoms with Gasteiger partial charge in [0, 0.05) is 6.42 Å². The number of hydrogen-bond acceptors (Lipinski definition) is 7. The Morgan fingerprint density at radius 3 is 2.74 bits per heavy atom. The predicted octanol–water partition coefficient (Wildman–Crippen LogP) is 4.89. The van der Waals surface area contributed by atoms with Crippen LogP contribution in [0.3, 0.4) is 0 Å². The van der Waals surface area contributed by atoms with Crippen LogP contribution in [0.1, 0.15) is 53.0 Å². The summed E-state index contributed by atoms with van der Waals surface area (Å²) in [5, 5.41) is 18.6. The average molecular weight is 493 g/mol. The van der Waals surface area contributed by atoms with Crippen molar-refractivity contribution in [1.82, 2.24) is 5.01 Å². The molecule has 2 heterocycles. The van der Waals surface area contributed by atoms with E-state index in [1.807, 2.05) is 53.9 Å². The fraction of sp³-hybridized carbons (Fsp3) is 0.333. The van der Waals surface area contributed by atoms with Gasteiger partial charge in [-0.3, -0.25) is 4.79 Å². The number of nitrogens with zero attached hydrogens (tertiary/aromatic N) is 2. The van der Waals surface area contributed by atoms with E-state index in [0.29, 0.717) is 23.7 Å². The van der Waals surface area contributed by atoms with Gasteiger partial charge in [-0.1, -0.05) is 24.3 Å². The van der Waals surface area contributed by atoms with Gasteiger partial charge in [-0.15, -0.1) is 11.3 Å². The first kappa shape index (κ1) is 23.4. The zero-order chi connectivity index (χ0) is 24.4. The Bertz CT molecular complexity index is 1240. The molecule has 2 aliphatic rings. The number of rotatable bonds is 7. The zero-order valence-corrected chi connectivity index (χ0v) is 20.6. The first-order chi connectivity index (χ1) is 17.1. The lowest BCUT2D eigenvalue weighted by Crippen LogP contribution is -2.31. The van der Waals surface area contributed by atoms with E-state index in [2.05, 4.69) is 0 Å². The maximum atomic E-state index is 13.4. The second-order valence-electron chi connectivity index (χ2n) is 8.62. The SMILES string of the molecule is COc1ccc([C@@H]2CC(c3cccs3)=NN2C(=O)COc2cccc3c2CCC[C@@H]3O)cc1OC. The van der Waals surface area contributed by atoms with Crippen LogP contribution in [0.25, 0.3) is 0 Å². The minimum Gasteiger partial charge on any atom is -0.493 e. The summed E-state index contributed by atoms with van der Waals surface area (Å²) in [5.74, 6) is 1.66. The van der Waals surface area contributed by atoms with Crippen LogP contribution in [0, 0.1) is 0 Å². The Morgan fingerprint density at radius 1 is 1.11 bits per heavy atom. The van der Waals surface area contributed by atoms with Crippen molar-refractivity contribution in [2.45, 2.75) is 37.8 Å². The summed E-state index contributed by atoms with van der Waals surface area (Å²) in [6.45, 7) is -0.141. The number of fused-ring (bicyclic) bond motifs is 1. The van der Waals surface area contributed by atoms with Crippen molar-refractivity contribution < 1.29 is 24.1 Å². The third kappa shape index (κ3) is 4.63. The maximum Gasteiger partial charge on any atom is 0.281 e. The van der Waals surface area contributed by atoms with E-state index in [9.17, 15) is 9.90 Å². The number of methoxy groups -OCH3 is 2. The molecule has 2 aromatic carbocycles. The van der Waals surface area contributed by atoms with Crippen LogP contribution in [0.2, 0.25) is 0 Å². The number of hydrogen-bond donors (Lipinski definition) is 1. The van der Waals surface area contributed by atoms with E-state index in [0.717, 1.165) is 46.5 Å². The van der Waals surface area contributed by atoms with Crippen molar-refractivity contribution in [2.75, 3.05) is 20.8 Å². The lowest BCUT2D eigenvalue weighted by atomic mass is 9.89. The Balaban J connectivity index is 1.40. The van der Waals surface area contributed by atoms with Gasteiger partial charge >= 0.3 is 0 Å². The lowest BCUT2D eigenvalue weighted by molar-refractivity contribution is -0.135. The third-order valence-corrected chi connectivity index (χ3v) is 7.47. The van der Waals surface area contributed by atoms with Gasteiger partial charge in [0.1, 0.15) is 5.75 Å². The molecule has 35 heavy (non-hydrogen) atoms.